The third-order valence-electron chi connectivity index (χ3n) is 6.21. The fourth-order valence-corrected chi connectivity index (χ4v) is 4.47. The SMILES string of the molecule is O=C(NCCc1ccco1)[C@@H]1CCCN(c2nc3cccnc3n(Cc3ccccc3)c2=O)C1. The number of nitrogens with one attached hydrogen (secondary N) is 1. The minimum Gasteiger partial charge on any atom is -0.469 e. The van der Waals surface area contributed by atoms with Crippen LogP contribution < -0.4 is 15.8 Å². The number of hydrogen-bond acceptors (Lipinski definition) is 6. The van der Waals surface area contributed by atoms with Crippen LogP contribution in [0.4, 0.5) is 5.82 Å². The number of anilines is 1. The molecular weight excluding hydrogens is 430 g/mol. The highest BCUT2D eigenvalue weighted by molar-refractivity contribution is 5.79. The standard InChI is InChI=1S/C26H27N5O3/c32-25(28-14-12-21-10-6-16-34-21)20-9-5-15-30(18-20)24-26(33)31(17-19-7-2-1-3-8-19)23-22(29-24)11-4-13-27-23/h1-4,6-8,10-11,13,16,20H,5,9,12,14-15,17-18H2,(H,28,32)/t20-/m1/s1. The molecule has 174 valence electrons. The van der Waals surface area contributed by atoms with Gasteiger partial charge in [-0.15, -0.1) is 0 Å². The third-order valence-corrected chi connectivity index (χ3v) is 6.21. The van der Waals surface area contributed by atoms with Gasteiger partial charge in [0.2, 0.25) is 5.91 Å². The van der Waals surface area contributed by atoms with Gasteiger partial charge in [-0.2, -0.15) is 0 Å². The van der Waals surface area contributed by atoms with Gasteiger partial charge in [-0.3, -0.25) is 14.2 Å². The molecule has 8 nitrogen and oxygen atoms in total. The van der Waals surface area contributed by atoms with Crippen molar-refractivity contribution in [2.24, 2.45) is 5.92 Å². The van der Waals surface area contributed by atoms with Crippen LogP contribution >= 0.6 is 0 Å². The lowest BCUT2D eigenvalue weighted by Gasteiger charge is -2.32. The maximum absolute atomic E-state index is 13.6. The highest BCUT2D eigenvalue weighted by Crippen LogP contribution is 2.22. The van der Waals surface area contributed by atoms with Gasteiger partial charge in [-0.25, -0.2) is 9.97 Å². The number of rotatable bonds is 7. The van der Waals surface area contributed by atoms with Gasteiger partial charge >= 0.3 is 0 Å². The van der Waals surface area contributed by atoms with Crippen molar-refractivity contribution in [1.82, 2.24) is 19.9 Å². The van der Waals surface area contributed by atoms with Crippen LogP contribution in [-0.2, 0) is 17.8 Å². The first-order valence-corrected chi connectivity index (χ1v) is 11.6. The van der Waals surface area contributed by atoms with Gasteiger partial charge in [0.15, 0.2) is 11.5 Å². The van der Waals surface area contributed by atoms with Crippen molar-refractivity contribution < 1.29 is 9.21 Å². The molecule has 0 bridgehead atoms. The van der Waals surface area contributed by atoms with Crippen molar-refractivity contribution in [1.29, 1.82) is 0 Å². The minimum absolute atomic E-state index is 0.00308. The maximum atomic E-state index is 13.6. The fourth-order valence-electron chi connectivity index (χ4n) is 4.47. The van der Waals surface area contributed by atoms with E-state index in [9.17, 15) is 9.59 Å². The number of fused-ring (bicyclic) bond motifs is 1. The number of carbonyl (C=O) groups is 1. The Morgan fingerprint density at radius 2 is 2.00 bits per heavy atom. The summed E-state index contributed by atoms with van der Waals surface area (Å²) in [6.07, 6.45) is 5.57. The fraction of sp³-hybridized carbons (Fsp3) is 0.308. The molecule has 1 amide bonds. The summed E-state index contributed by atoms with van der Waals surface area (Å²) >= 11 is 0. The molecule has 4 heterocycles. The average Bonchev–Trinajstić information content (AvgIpc) is 3.40. The van der Waals surface area contributed by atoms with Gasteiger partial charge in [0.05, 0.1) is 18.7 Å². The molecule has 0 radical (unpaired) electrons. The van der Waals surface area contributed by atoms with E-state index in [1.54, 1.807) is 17.0 Å². The van der Waals surface area contributed by atoms with Gasteiger partial charge in [-0.05, 0) is 42.7 Å². The second-order valence-electron chi connectivity index (χ2n) is 8.56. The summed E-state index contributed by atoms with van der Waals surface area (Å²) < 4.78 is 7.01. The highest BCUT2D eigenvalue weighted by atomic mass is 16.3. The maximum Gasteiger partial charge on any atom is 0.295 e. The van der Waals surface area contributed by atoms with Gasteiger partial charge in [0, 0.05) is 32.3 Å². The third kappa shape index (κ3) is 4.71. The molecule has 1 saturated heterocycles. The molecule has 34 heavy (non-hydrogen) atoms. The van der Waals surface area contributed by atoms with Crippen molar-refractivity contribution in [2.75, 3.05) is 24.5 Å². The van der Waals surface area contributed by atoms with Gasteiger partial charge < -0.3 is 14.6 Å². The molecule has 5 rings (SSSR count). The summed E-state index contributed by atoms with van der Waals surface area (Å²) in [5.41, 5.74) is 2.05. The predicted molar refractivity (Wildman–Crippen MR) is 130 cm³/mol. The van der Waals surface area contributed by atoms with Crippen LogP contribution in [0, 0.1) is 5.92 Å². The molecule has 0 spiro atoms. The van der Waals surface area contributed by atoms with E-state index in [1.807, 2.05) is 59.5 Å². The number of pyridine rings is 1. The van der Waals surface area contributed by atoms with Crippen molar-refractivity contribution in [3.63, 3.8) is 0 Å². The van der Waals surface area contributed by atoms with Gasteiger partial charge in [-0.1, -0.05) is 30.3 Å². The summed E-state index contributed by atoms with van der Waals surface area (Å²) in [5, 5.41) is 3.01. The lowest BCUT2D eigenvalue weighted by molar-refractivity contribution is -0.125. The monoisotopic (exact) mass is 457 g/mol. The van der Waals surface area contributed by atoms with Gasteiger partial charge in [0.1, 0.15) is 11.3 Å². The average molecular weight is 458 g/mol. The summed E-state index contributed by atoms with van der Waals surface area (Å²) in [6.45, 7) is 2.08. The van der Waals surface area contributed by atoms with E-state index in [0.29, 0.717) is 49.6 Å². The van der Waals surface area contributed by atoms with E-state index >= 15 is 0 Å². The minimum atomic E-state index is -0.196. The number of carbonyl (C=O) groups excluding carboxylic acids is 1. The predicted octanol–water partition coefficient (Wildman–Crippen LogP) is 3.01. The quantitative estimate of drug-likeness (QED) is 0.459. The largest absolute Gasteiger partial charge is 0.469 e. The Labute approximate surface area is 197 Å². The molecular formula is C26H27N5O3. The van der Waals surface area contributed by atoms with Crippen LogP contribution in [-0.4, -0.2) is 40.1 Å². The van der Waals surface area contributed by atoms with Crippen LogP contribution in [0.25, 0.3) is 11.2 Å². The molecule has 8 heteroatoms. The van der Waals surface area contributed by atoms with Crippen molar-refractivity contribution in [3.8, 4) is 0 Å². The Kier molecular flexibility index (Phi) is 6.38. The molecule has 4 aromatic rings. The number of furan rings is 1. The van der Waals surface area contributed by atoms with E-state index in [4.69, 9.17) is 4.42 Å². The number of amides is 1. The molecule has 1 aromatic carbocycles. The van der Waals surface area contributed by atoms with E-state index in [-0.39, 0.29) is 17.4 Å². The summed E-state index contributed by atoms with van der Waals surface area (Å²) in [7, 11) is 0. The number of benzene rings is 1. The number of aromatic nitrogens is 3. The lowest BCUT2D eigenvalue weighted by atomic mass is 9.97. The van der Waals surface area contributed by atoms with E-state index in [2.05, 4.69) is 15.3 Å². The second-order valence-corrected chi connectivity index (χ2v) is 8.56. The lowest BCUT2D eigenvalue weighted by Crippen LogP contribution is -2.46. The Hall–Kier alpha value is -3.94. The normalized spacial score (nSPS) is 16.0. The summed E-state index contributed by atoms with van der Waals surface area (Å²) in [6, 6.07) is 17.3. The van der Waals surface area contributed by atoms with Crippen molar-refractivity contribution in [2.45, 2.75) is 25.8 Å². The summed E-state index contributed by atoms with van der Waals surface area (Å²) in [4.78, 5) is 37.5. The Balaban J connectivity index is 1.37. The van der Waals surface area contributed by atoms with Crippen LogP contribution in [0.1, 0.15) is 24.2 Å². The first-order valence-electron chi connectivity index (χ1n) is 11.6. The molecule has 1 N–H and O–H groups in total. The number of nitrogens with zero attached hydrogens (tertiary/aromatic N) is 4. The molecule has 0 aliphatic carbocycles. The zero-order chi connectivity index (χ0) is 23.3. The topological polar surface area (TPSA) is 93.3 Å². The first kappa shape index (κ1) is 21.9. The van der Waals surface area contributed by atoms with Crippen LogP contribution in [0.2, 0.25) is 0 Å². The molecule has 1 aliphatic heterocycles. The Morgan fingerprint density at radius 1 is 1.12 bits per heavy atom. The molecule has 0 unspecified atom stereocenters. The van der Waals surface area contributed by atoms with Crippen LogP contribution in [0.3, 0.4) is 0 Å². The smallest absolute Gasteiger partial charge is 0.295 e. The highest BCUT2D eigenvalue weighted by Gasteiger charge is 2.28. The van der Waals surface area contributed by atoms with E-state index < -0.39 is 0 Å². The van der Waals surface area contributed by atoms with Gasteiger partial charge in [0.25, 0.3) is 5.56 Å². The molecule has 1 fully saturated rings. The zero-order valence-corrected chi connectivity index (χ0v) is 18.9. The molecule has 1 aliphatic rings. The van der Waals surface area contributed by atoms with Crippen LogP contribution in [0.5, 0.6) is 0 Å². The van der Waals surface area contributed by atoms with Crippen molar-refractivity contribution in [3.05, 3.63) is 88.7 Å². The number of hydrogen-bond donors (Lipinski definition) is 1. The number of piperidine rings is 1. The second kappa shape index (κ2) is 9.91. The summed E-state index contributed by atoms with van der Waals surface area (Å²) in [5.74, 6) is 1.03. The molecule has 0 saturated carbocycles. The van der Waals surface area contributed by atoms with Crippen molar-refractivity contribution >= 4 is 22.9 Å². The zero-order valence-electron chi connectivity index (χ0n) is 18.9. The first-order chi connectivity index (χ1) is 16.7. The van der Waals surface area contributed by atoms with E-state index in [1.165, 1.54) is 0 Å². The Morgan fingerprint density at radius 3 is 2.82 bits per heavy atom. The molecule has 1 atom stereocenters. The van der Waals surface area contributed by atoms with E-state index in [0.717, 1.165) is 24.2 Å². The van der Waals surface area contributed by atoms with Crippen LogP contribution in [0.15, 0.2) is 76.3 Å². The Bertz CT molecular complexity index is 1320. The molecule has 3 aromatic heterocycles.